The van der Waals surface area contributed by atoms with E-state index < -0.39 is 18.2 Å². The lowest BCUT2D eigenvalue weighted by Gasteiger charge is -2.22. The SMILES string of the molecule is CCOC(Cc1ccc(OCCN(CCCOc2ccc(F)cc2)C(=O)Oc2ccc(C(C)C)cc2)cc1)C(=O)O. The van der Waals surface area contributed by atoms with Gasteiger partial charge in [0.2, 0.25) is 0 Å². The summed E-state index contributed by atoms with van der Waals surface area (Å²) in [6, 6.07) is 20.3. The number of hydrogen-bond donors (Lipinski definition) is 1. The van der Waals surface area contributed by atoms with Gasteiger partial charge >= 0.3 is 12.1 Å². The van der Waals surface area contributed by atoms with Crippen LogP contribution in [0, 0.1) is 5.82 Å². The Labute approximate surface area is 240 Å². The zero-order valence-electron chi connectivity index (χ0n) is 23.8. The van der Waals surface area contributed by atoms with Crippen LogP contribution in [-0.4, -0.2) is 61.1 Å². The smallest absolute Gasteiger partial charge is 0.415 e. The third-order valence-corrected chi connectivity index (χ3v) is 6.28. The first-order chi connectivity index (χ1) is 19.7. The molecule has 0 aromatic heterocycles. The Morgan fingerprint density at radius 2 is 1.41 bits per heavy atom. The molecule has 41 heavy (non-hydrogen) atoms. The van der Waals surface area contributed by atoms with Crippen molar-refractivity contribution < 1.29 is 38.0 Å². The van der Waals surface area contributed by atoms with E-state index in [9.17, 15) is 19.1 Å². The second kappa shape index (κ2) is 16.2. The third-order valence-electron chi connectivity index (χ3n) is 6.28. The second-order valence-corrected chi connectivity index (χ2v) is 9.71. The van der Waals surface area contributed by atoms with Crippen molar-refractivity contribution in [2.75, 3.05) is 32.9 Å². The van der Waals surface area contributed by atoms with Crippen LogP contribution >= 0.6 is 0 Å². The highest BCUT2D eigenvalue weighted by Crippen LogP contribution is 2.20. The quantitative estimate of drug-likeness (QED) is 0.202. The fraction of sp³-hybridized carbons (Fsp3) is 0.375. The molecule has 9 heteroatoms. The first-order valence-corrected chi connectivity index (χ1v) is 13.8. The monoisotopic (exact) mass is 567 g/mol. The Hall–Kier alpha value is -4.11. The van der Waals surface area contributed by atoms with Crippen LogP contribution in [-0.2, 0) is 16.0 Å². The highest BCUT2D eigenvalue weighted by Gasteiger charge is 2.19. The van der Waals surface area contributed by atoms with Crippen LogP contribution in [0.25, 0.3) is 0 Å². The van der Waals surface area contributed by atoms with Crippen molar-refractivity contribution in [3.63, 3.8) is 0 Å². The molecule has 0 fully saturated rings. The van der Waals surface area contributed by atoms with Gasteiger partial charge in [-0.25, -0.2) is 14.0 Å². The van der Waals surface area contributed by atoms with Gasteiger partial charge in [0.25, 0.3) is 0 Å². The summed E-state index contributed by atoms with van der Waals surface area (Å²) >= 11 is 0. The number of carboxylic acid groups (broad SMARTS) is 1. The van der Waals surface area contributed by atoms with Gasteiger partial charge in [0.05, 0.1) is 13.2 Å². The van der Waals surface area contributed by atoms with E-state index in [1.165, 1.54) is 12.1 Å². The molecule has 0 aliphatic heterocycles. The molecule has 0 saturated heterocycles. The number of amides is 1. The van der Waals surface area contributed by atoms with Gasteiger partial charge in [-0.05, 0) is 78.9 Å². The number of hydrogen-bond acceptors (Lipinski definition) is 6. The molecule has 3 aromatic rings. The van der Waals surface area contributed by atoms with E-state index in [-0.39, 0.29) is 25.4 Å². The lowest BCUT2D eigenvalue weighted by atomic mass is 10.0. The summed E-state index contributed by atoms with van der Waals surface area (Å²) in [6.45, 7) is 7.45. The summed E-state index contributed by atoms with van der Waals surface area (Å²) in [5.74, 6) is 0.625. The Bertz CT molecular complexity index is 1210. The maximum atomic E-state index is 13.1. The molecule has 3 rings (SSSR count). The summed E-state index contributed by atoms with van der Waals surface area (Å²) in [4.78, 5) is 25.9. The largest absolute Gasteiger partial charge is 0.494 e. The standard InChI is InChI=1S/C32H38FNO7/c1-4-38-30(31(35)36)22-24-6-12-27(13-7-24)40-21-19-34(18-5-20-39-28-16-10-26(33)11-17-28)32(37)41-29-14-8-25(9-15-29)23(2)3/h6-17,23,30H,4-5,18-22H2,1-3H3,(H,35,36). The minimum absolute atomic E-state index is 0.219. The van der Waals surface area contributed by atoms with Crippen LogP contribution in [0.3, 0.4) is 0 Å². The van der Waals surface area contributed by atoms with Crippen molar-refractivity contribution in [3.05, 3.63) is 89.7 Å². The molecule has 220 valence electrons. The Balaban J connectivity index is 1.55. The average molecular weight is 568 g/mol. The van der Waals surface area contributed by atoms with Crippen molar-refractivity contribution in [1.29, 1.82) is 0 Å². The third kappa shape index (κ3) is 10.8. The molecular weight excluding hydrogens is 529 g/mol. The Morgan fingerprint density at radius 3 is 2.00 bits per heavy atom. The number of halogens is 1. The molecular formula is C32H38FNO7. The average Bonchev–Trinajstić information content (AvgIpc) is 2.96. The Kier molecular flexibility index (Phi) is 12.4. The van der Waals surface area contributed by atoms with Gasteiger partial charge in [-0.3, -0.25) is 0 Å². The first-order valence-electron chi connectivity index (χ1n) is 13.8. The van der Waals surface area contributed by atoms with Gasteiger partial charge in [-0.15, -0.1) is 0 Å². The number of aliphatic carboxylic acids is 1. The summed E-state index contributed by atoms with van der Waals surface area (Å²) in [5, 5.41) is 9.29. The summed E-state index contributed by atoms with van der Waals surface area (Å²) in [5.41, 5.74) is 1.96. The zero-order valence-corrected chi connectivity index (χ0v) is 23.8. The highest BCUT2D eigenvalue weighted by molar-refractivity contribution is 5.72. The molecule has 0 heterocycles. The summed E-state index contributed by atoms with van der Waals surface area (Å²) < 4.78 is 35.5. The normalized spacial score (nSPS) is 11.6. The molecule has 3 aromatic carbocycles. The van der Waals surface area contributed by atoms with Gasteiger partial charge in [-0.2, -0.15) is 0 Å². The minimum Gasteiger partial charge on any atom is -0.494 e. The van der Waals surface area contributed by atoms with E-state index in [4.69, 9.17) is 18.9 Å². The molecule has 0 spiro atoms. The number of ether oxygens (including phenoxy) is 4. The molecule has 0 aliphatic rings. The van der Waals surface area contributed by atoms with Gasteiger partial charge in [-0.1, -0.05) is 38.1 Å². The molecule has 0 bridgehead atoms. The van der Waals surface area contributed by atoms with E-state index in [1.807, 2.05) is 12.1 Å². The van der Waals surface area contributed by atoms with Crippen molar-refractivity contribution in [2.24, 2.45) is 0 Å². The second-order valence-electron chi connectivity index (χ2n) is 9.71. The number of nitrogens with zero attached hydrogens (tertiary/aromatic N) is 1. The number of carbonyl (C=O) groups is 2. The van der Waals surface area contributed by atoms with Crippen molar-refractivity contribution in [2.45, 2.75) is 45.6 Å². The Morgan fingerprint density at radius 1 is 0.829 bits per heavy atom. The molecule has 1 atom stereocenters. The molecule has 8 nitrogen and oxygen atoms in total. The van der Waals surface area contributed by atoms with Crippen molar-refractivity contribution in [3.8, 4) is 17.2 Å². The van der Waals surface area contributed by atoms with Gasteiger partial charge in [0.1, 0.15) is 29.7 Å². The minimum atomic E-state index is -1.00. The van der Waals surface area contributed by atoms with Crippen LogP contribution in [0.2, 0.25) is 0 Å². The van der Waals surface area contributed by atoms with E-state index in [1.54, 1.807) is 60.4 Å². The van der Waals surface area contributed by atoms with Gasteiger partial charge in [0.15, 0.2) is 6.10 Å². The maximum Gasteiger partial charge on any atom is 0.415 e. The van der Waals surface area contributed by atoms with Crippen LogP contribution in [0.4, 0.5) is 9.18 Å². The molecule has 0 radical (unpaired) electrons. The van der Waals surface area contributed by atoms with Crippen molar-refractivity contribution in [1.82, 2.24) is 4.90 Å². The van der Waals surface area contributed by atoms with Gasteiger partial charge in [0, 0.05) is 19.6 Å². The predicted molar refractivity (Wildman–Crippen MR) is 153 cm³/mol. The number of carbonyl (C=O) groups excluding carboxylic acids is 1. The lowest BCUT2D eigenvalue weighted by Crippen LogP contribution is -2.38. The summed E-state index contributed by atoms with van der Waals surface area (Å²) in [6.07, 6.45) is -0.627. The molecule has 0 saturated carbocycles. The lowest BCUT2D eigenvalue weighted by molar-refractivity contribution is -0.149. The molecule has 1 amide bonds. The fourth-order valence-electron chi connectivity index (χ4n) is 3.98. The van der Waals surface area contributed by atoms with E-state index in [0.29, 0.717) is 49.3 Å². The van der Waals surface area contributed by atoms with Gasteiger partial charge < -0.3 is 29.0 Å². The summed E-state index contributed by atoms with van der Waals surface area (Å²) in [7, 11) is 0. The van der Waals surface area contributed by atoms with Crippen molar-refractivity contribution >= 4 is 12.1 Å². The first kappa shape index (κ1) is 31.4. The predicted octanol–water partition coefficient (Wildman–Crippen LogP) is 6.33. The highest BCUT2D eigenvalue weighted by atomic mass is 19.1. The molecule has 0 aliphatic carbocycles. The molecule has 1 N–H and O–H groups in total. The molecule has 1 unspecified atom stereocenters. The zero-order chi connectivity index (χ0) is 29.6. The van der Waals surface area contributed by atoms with Crippen LogP contribution in [0.15, 0.2) is 72.8 Å². The van der Waals surface area contributed by atoms with E-state index in [2.05, 4.69) is 13.8 Å². The number of benzene rings is 3. The number of carboxylic acids is 1. The van der Waals surface area contributed by atoms with E-state index >= 15 is 0 Å². The van der Waals surface area contributed by atoms with Crippen LogP contribution in [0.5, 0.6) is 17.2 Å². The fourth-order valence-corrected chi connectivity index (χ4v) is 3.98. The maximum absolute atomic E-state index is 13.1. The van der Waals surface area contributed by atoms with E-state index in [0.717, 1.165) is 11.1 Å². The van der Waals surface area contributed by atoms with Crippen LogP contribution < -0.4 is 14.2 Å². The van der Waals surface area contributed by atoms with Crippen LogP contribution in [0.1, 0.15) is 44.2 Å². The topological polar surface area (TPSA) is 94.5 Å². The number of rotatable bonds is 16.